The topological polar surface area (TPSA) is 97.0 Å². The number of hydrogen-bond acceptors (Lipinski definition) is 5. The minimum absolute atomic E-state index is 0.129. The van der Waals surface area contributed by atoms with Crippen molar-refractivity contribution in [2.24, 2.45) is 0 Å². The number of para-hydroxylation sites is 1. The summed E-state index contributed by atoms with van der Waals surface area (Å²) < 4.78 is 5.66. The lowest BCUT2D eigenvalue weighted by atomic mass is 10.1. The van der Waals surface area contributed by atoms with Gasteiger partial charge in [-0.25, -0.2) is 4.98 Å². The van der Waals surface area contributed by atoms with Crippen molar-refractivity contribution >= 4 is 5.91 Å². The maximum atomic E-state index is 12.4. The smallest absolute Gasteiger partial charge is 0.254 e. The highest BCUT2D eigenvalue weighted by Crippen LogP contribution is 2.16. The number of amides is 1. The summed E-state index contributed by atoms with van der Waals surface area (Å²) in [6.07, 6.45) is 3.83. The highest BCUT2D eigenvalue weighted by molar-refractivity contribution is 5.76. The van der Waals surface area contributed by atoms with Crippen LogP contribution in [0.15, 0.2) is 53.6 Å². The van der Waals surface area contributed by atoms with E-state index in [4.69, 9.17) is 4.74 Å². The first-order valence-corrected chi connectivity index (χ1v) is 9.50. The third-order valence-corrected chi connectivity index (χ3v) is 4.55. The lowest BCUT2D eigenvalue weighted by Gasteiger charge is -2.10. The number of benzene rings is 1. The van der Waals surface area contributed by atoms with E-state index in [1.807, 2.05) is 31.2 Å². The standard InChI is InChI=1S/C22H24N4O3/c1-15-5-3-4-6-19(15)29-14-13-24-20(27)8-7-18-16(2)25-21(26-22(18)28)17-9-11-23-12-10-17/h3-6,9-12H,7-8,13-14H2,1-2H3,(H,24,27)(H,25,26,28). The second-order valence-corrected chi connectivity index (χ2v) is 6.68. The first kappa shape index (κ1) is 20.3. The second-order valence-electron chi connectivity index (χ2n) is 6.68. The molecule has 0 atom stereocenters. The van der Waals surface area contributed by atoms with Gasteiger partial charge in [0.15, 0.2) is 0 Å². The molecule has 0 aliphatic carbocycles. The van der Waals surface area contributed by atoms with Crippen molar-refractivity contribution in [3.8, 4) is 17.1 Å². The minimum atomic E-state index is -0.222. The summed E-state index contributed by atoms with van der Waals surface area (Å²) in [5.74, 6) is 1.18. The maximum absolute atomic E-state index is 12.4. The fraction of sp³-hybridized carbons (Fsp3) is 0.273. The van der Waals surface area contributed by atoms with Crippen molar-refractivity contribution < 1.29 is 9.53 Å². The molecule has 7 nitrogen and oxygen atoms in total. The van der Waals surface area contributed by atoms with Gasteiger partial charge in [0.1, 0.15) is 18.2 Å². The van der Waals surface area contributed by atoms with E-state index in [0.717, 1.165) is 16.9 Å². The van der Waals surface area contributed by atoms with E-state index in [1.165, 1.54) is 0 Å². The Bertz CT molecular complexity index is 1030. The Morgan fingerprint density at radius 1 is 1.14 bits per heavy atom. The van der Waals surface area contributed by atoms with Crippen molar-refractivity contribution in [1.29, 1.82) is 0 Å². The Balaban J connectivity index is 1.50. The van der Waals surface area contributed by atoms with Crippen LogP contribution in [0.1, 0.15) is 23.2 Å². The van der Waals surface area contributed by atoms with Gasteiger partial charge in [-0.15, -0.1) is 0 Å². The molecule has 0 aliphatic rings. The summed E-state index contributed by atoms with van der Waals surface area (Å²) in [4.78, 5) is 35.7. The van der Waals surface area contributed by atoms with E-state index >= 15 is 0 Å². The third-order valence-electron chi connectivity index (χ3n) is 4.55. The molecule has 1 amide bonds. The van der Waals surface area contributed by atoms with Gasteiger partial charge in [-0.1, -0.05) is 18.2 Å². The molecule has 0 spiro atoms. The molecule has 2 aromatic heterocycles. The van der Waals surface area contributed by atoms with Gasteiger partial charge in [0.05, 0.1) is 6.54 Å². The molecule has 0 fully saturated rings. The Labute approximate surface area is 169 Å². The summed E-state index contributed by atoms with van der Waals surface area (Å²) in [6, 6.07) is 11.3. The monoisotopic (exact) mass is 392 g/mol. The van der Waals surface area contributed by atoms with Crippen LogP contribution in [0.4, 0.5) is 0 Å². The molecule has 150 valence electrons. The lowest BCUT2D eigenvalue weighted by Crippen LogP contribution is -2.29. The van der Waals surface area contributed by atoms with E-state index in [1.54, 1.807) is 31.5 Å². The van der Waals surface area contributed by atoms with Crippen LogP contribution in [0.2, 0.25) is 0 Å². The van der Waals surface area contributed by atoms with Gasteiger partial charge in [0, 0.05) is 35.6 Å². The number of nitrogens with one attached hydrogen (secondary N) is 2. The lowest BCUT2D eigenvalue weighted by molar-refractivity contribution is -0.121. The maximum Gasteiger partial charge on any atom is 0.254 e. The minimum Gasteiger partial charge on any atom is -0.491 e. The summed E-state index contributed by atoms with van der Waals surface area (Å²) in [7, 11) is 0. The Morgan fingerprint density at radius 2 is 1.90 bits per heavy atom. The van der Waals surface area contributed by atoms with E-state index in [-0.39, 0.29) is 17.9 Å². The molecule has 3 rings (SSSR count). The summed E-state index contributed by atoms with van der Waals surface area (Å²) in [6.45, 7) is 4.55. The van der Waals surface area contributed by atoms with Gasteiger partial charge in [0.2, 0.25) is 5.91 Å². The molecule has 2 N–H and O–H groups in total. The zero-order valence-corrected chi connectivity index (χ0v) is 16.6. The molecule has 0 saturated carbocycles. The second kappa shape index (κ2) is 9.64. The van der Waals surface area contributed by atoms with Crippen LogP contribution in [-0.2, 0) is 11.2 Å². The number of H-pyrrole nitrogens is 1. The zero-order valence-electron chi connectivity index (χ0n) is 16.6. The van der Waals surface area contributed by atoms with E-state index in [2.05, 4.69) is 20.3 Å². The number of ether oxygens (including phenoxy) is 1. The molecule has 0 aliphatic heterocycles. The van der Waals surface area contributed by atoms with Gasteiger partial charge in [-0.2, -0.15) is 0 Å². The van der Waals surface area contributed by atoms with E-state index in [0.29, 0.717) is 36.7 Å². The van der Waals surface area contributed by atoms with Crippen LogP contribution in [0.3, 0.4) is 0 Å². The number of aromatic amines is 1. The number of aromatic nitrogens is 3. The predicted molar refractivity (Wildman–Crippen MR) is 111 cm³/mol. The summed E-state index contributed by atoms with van der Waals surface area (Å²) in [5, 5.41) is 2.82. The molecule has 7 heteroatoms. The fourth-order valence-corrected chi connectivity index (χ4v) is 2.95. The quantitative estimate of drug-likeness (QED) is 0.574. The Hall–Kier alpha value is -3.48. The van der Waals surface area contributed by atoms with Gasteiger partial charge < -0.3 is 15.0 Å². The molecule has 0 unspecified atom stereocenters. The van der Waals surface area contributed by atoms with Crippen LogP contribution in [0.25, 0.3) is 11.4 Å². The molecule has 3 aromatic rings. The van der Waals surface area contributed by atoms with Gasteiger partial charge >= 0.3 is 0 Å². The number of nitrogens with zero attached hydrogens (tertiary/aromatic N) is 2. The zero-order chi connectivity index (χ0) is 20.6. The van der Waals surface area contributed by atoms with Crippen LogP contribution in [-0.4, -0.2) is 34.0 Å². The Morgan fingerprint density at radius 3 is 2.62 bits per heavy atom. The molecule has 29 heavy (non-hydrogen) atoms. The molecule has 2 heterocycles. The van der Waals surface area contributed by atoms with Gasteiger partial charge in [-0.05, 0) is 44.0 Å². The van der Waals surface area contributed by atoms with Crippen molar-refractivity contribution in [1.82, 2.24) is 20.3 Å². The van der Waals surface area contributed by atoms with Gasteiger partial charge in [-0.3, -0.25) is 14.6 Å². The number of carbonyl (C=O) groups excluding carboxylic acids is 1. The SMILES string of the molecule is Cc1ccccc1OCCNC(=O)CCc1c(C)nc(-c2ccncc2)[nH]c1=O. The fourth-order valence-electron chi connectivity index (χ4n) is 2.95. The molecular weight excluding hydrogens is 368 g/mol. The molecular formula is C22H24N4O3. The molecule has 0 saturated heterocycles. The highest BCUT2D eigenvalue weighted by Gasteiger charge is 2.11. The van der Waals surface area contributed by atoms with E-state index in [9.17, 15) is 9.59 Å². The molecule has 1 aromatic carbocycles. The average molecular weight is 392 g/mol. The first-order chi connectivity index (χ1) is 14.0. The van der Waals surface area contributed by atoms with E-state index < -0.39 is 0 Å². The van der Waals surface area contributed by atoms with Crippen LogP contribution >= 0.6 is 0 Å². The average Bonchev–Trinajstić information content (AvgIpc) is 2.72. The number of pyridine rings is 1. The predicted octanol–water partition coefficient (Wildman–Crippen LogP) is 2.58. The van der Waals surface area contributed by atoms with Crippen molar-refractivity contribution in [3.05, 3.63) is 76.0 Å². The highest BCUT2D eigenvalue weighted by atomic mass is 16.5. The van der Waals surface area contributed by atoms with Crippen molar-refractivity contribution in [3.63, 3.8) is 0 Å². The van der Waals surface area contributed by atoms with Crippen molar-refractivity contribution in [2.45, 2.75) is 26.7 Å². The number of rotatable bonds is 8. The first-order valence-electron chi connectivity index (χ1n) is 9.50. The van der Waals surface area contributed by atoms with Crippen molar-refractivity contribution in [2.75, 3.05) is 13.2 Å². The van der Waals surface area contributed by atoms with Crippen LogP contribution < -0.4 is 15.6 Å². The summed E-state index contributed by atoms with van der Waals surface area (Å²) in [5.41, 5.74) is 2.76. The number of carbonyl (C=O) groups is 1. The molecule has 0 bridgehead atoms. The van der Waals surface area contributed by atoms with Crippen LogP contribution in [0, 0.1) is 13.8 Å². The third kappa shape index (κ3) is 5.51. The number of aryl methyl sites for hydroxylation is 2. The Kier molecular flexibility index (Phi) is 6.73. The summed E-state index contributed by atoms with van der Waals surface area (Å²) >= 11 is 0. The van der Waals surface area contributed by atoms with Gasteiger partial charge in [0.25, 0.3) is 5.56 Å². The largest absolute Gasteiger partial charge is 0.491 e. The van der Waals surface area contributed by atoms with Crippen LogP contribution in [0.5, 0.6) is 5.75 Å². The normalized spacial score (nSPS) is 10.6. The number of hydrogen-bond donors (Lipinski definition) is 2. The molecule has 0 radical (unpaired) electrons.